The van der Waals surface area contributed by atoms with Crippen LogP contribution < -0.4 is 10.6 Å². The van der Waals surface area contributed by atoms with Crippen LogP contribution in [-0.4, -0.2) is 22.7 Å². The normalized spacial score (nSPS) is 10.0. The van der Waals surface area contributed by atoms with Crippen molar-refractivity contribution in [3.05, 3.63) is 48.6 Å². The second-order valence-corrected chi connectivity index (χ2v) is 3.83. The molecule has 94 valence electrons. The number of rotatable bonds is 5. The molecule has 0 aromatic heterocycles. The molecule has 5 heteroatoms. The molecular formula is C13H14N2O2S. The van der Waals surface area contributed by atoms with E-state index in [-0.39, 0.29) is 0 Å². The third kappa shape index (κ3) is 5.27. The summed E-state index contributed by atoms with van der Waals surface area (Å²) in [5.74, 6) is -0.975. The molecule has 0 radical (unpaired) electrons. The molecule has 0 atom stereocenters. The lowest BCUT2D eigenvalue weighted by molar-refractivity contribution is -0.131. The Balaban J connectivity index is 2.67. The summed E-state index contributed by atoms with van der Waals surface area (Å²) in [5.41, 5.74) is 1.58. The predicted octanol–water partition coefficient (Wildman–Crippen LogP) is 2.26. The van der Waals surface area contributed by atoms with Gasteiger partial charge in [0, 0.05) is 18.3 Å². The molecule has 0 spiro atoms. The van der Waals surface area contributed by atoms with Crippen molar-refractivity contribution < 1.29 is 9.90 Å². The molecule has 0 heterocycles. The molecule has 0 amide bonds. The highest BCUT2D eigenvalue weighted by Gasteiger charge is 1.97. The van der Waals surface area contributed by atoms with Crippen molar-refractivity contribution in [3.63, 3.8) is 0 Å². The van der Waals surface area contributed by atoms with Crippen molar-refractivity contribution >= 4 is 35.1 Å². The summed E-state index contributed by atoms with van der Waals surface area (Å²) in [6, 6.07) is 7.28. The minimum atomic E-state index is -0.975. The smallest absolute Gasteiger partial charge is 0.328 e. The van der Waals surface area contributed by atoms with E-state index < -0.39 is 5.97 Å². The summed E-state index contributed by atoms with van der Waals surface area (Å²) in [5, 5.41) is 15.0. The fraction of sp³-hybridized carbons (Fsp3) is 0.0769. The van der Waals surface area contributed by atoms with E-state index in [1.54, 1.807) is 12.1 Å². The number of nitrogens with one attached hydrogen (secondary N) is 2. The third-order valence-corrected chi connectivity index (χ3v) is 2.22. The van der Waals surface area contributed by atoms with Crippen LogP contribution in [0.3, 0.4) is 0 Å². The number of carboxylic acids is 1. The fourth-order valence-corrected chi connectivity index (χ4v) is 1.43. The highest BCUT2D eigenvalue weighted by atomic mass is 32.1. The van der Waals surface area contributed by atoms with E-state index in [4.69, 9.17) is 17.3 Å². The molecule has 1 aromatic carbocycles. The first-order chi connectivity index (χ1) is 8.61. The topological polar surface area (TPSA) is 61.4 Å². The second kappa shape index (κ2) is 7.24. The summed E-state index contributed by atoms with van der Waals surface area (Å²) in [6.45, 7) is 4.17. The van der Waals surface area contributed by atoms with Gasteiger partial charge in [-0.15, -0.1) is 6.58 Å². The van der Waals surface area contributed by atoms with Crippen molar-refractivity contribution in [1.82, 2.24) is 5.32 Å². The van der Waals surface area contributed by atoms with Gasteiger partial charge in [0.1, 0.15) is 0 Å². The van der Waals surface area contributed by atoms with Crippen molar-refractivity contribution in [3.8, 4) is 0 Å². The van der Waals surface area contributed by atoms with Crippen LogP contribution in [0.4, 0.5) is 5.69 Å². The van der Waals surface area contributed by atoms with Crippen LogP contribution in [0.5, 0.6) is 0 Å². The molecule has 1 aromatic rings. The molecular weight excluding hydrogens is 248 g/mol. The molecule has 0 unspecified atom stereocenters. The number of hydrogen-bond acceptors (Lipinski definition) is 2. The minimum Gasteiger partial charge on any atom is -0.478 e. The Morgan fingerprint density at radius 1 is 1.50 bits per heavy atom. The molecule has 0 fully saturated rings. The first-order valence-electron chi connectivity index (χ1n) is 5.28. The van der Waals surface area contributed by atoms with Crippen LogP contribution in [-0.2, 0) is 4.79 Å². The summed E-state index contributed by atoms with van der Waals surface area (Å²) in [7, 11) is 0. The quantitative estimate of drug-likeness (QED) is 0.431. The highest BCUT2D eigenvalue weighted by molar-refractivity contribution is 7.80. The number of benzene rings is 1. The van der Waals surface area contributed by atoms with Gasteiger partial charge in [-0.2, -0.15) is 0 Å². The Labute approximate surface area is 111 Å². The van der Waals surface area contributed by atoms with Gasteiger partial charge in [0.25, 0.3) is 0 Å². The number of carboxylic acid groups (broad SMARTS) is 1. The lowest BCUT2D eigenvalue weighted by atomic mass is 10.2. The van der Waals surface area contributed by atoms with Gasteiger partial charge in [-0.3, -0.25) is 0 Å². The van der Waals surface area contributed by atoms with Crippen molar-refractivity contribution in [2.75, 3.05) is 11.9 Å². The zero-order valence-electron chi connectivity index (χ0n) is 9.72. The van der Waals surface area contributed by atoms with Gasteiger partial charge in [0.2, 0.25) is 0 Å². The molecule has 4 nitrogen and oxygen atoms in total. The number of carbonyl (C=O) groups is 1. The first kappa shape index (κ1) is 13.9. The van der Waals surface area contributed by atoms with Crippen LogP contribution in [0.2, 0.25) is 0 Å². The maximum Gasteiger partial charge on any atom is 0.328 e. The van der Waals surface area contributed by atoms with Crippen LogP contribution >= 0.6 is 12.2 Å². The van der Waals surface area contributed by atoms with Gasteiger partial charge in [-0.05, 0) is 36.0 Å². The molecule has 3 N–H and O–H groups in total. The molecule has 1 rings (SSSR count). The average Bonchev–Trinajstić information content (AvgIpc) is 2.34. The van der Waals surface area contributed by atoms with Crippen molar-refractivity contribution in [1.29, 1.82) is 0 Å². The largest absolute Gasteiger partial charge is 0.478 e. The second-order valence-electron chi connectivity index (χ2n) is 3.42. The minimum absolute atomic E-state index is 0.495. The maximum absolute atomic E-state index is 10.4. The Morgan fingerprint density at radius 2 is 2.28 bits per heavy atom. The lowest BCUT2D eigenvalue weighted by Crippen LogP contribution is -2.28. The molecule has 0 aliphatic rings. The summed E-state index contributed by atoms with van der Waals surface area (Å²) < 4.78 is 0. The van der Waals surface area contributed by atoms with Gasteiger partial charge in [-0.25, -0.2) is 4.79 Å². The Kier molecular flexibility index (Phi) is 5.60. The van der Waals surface area contributed by atoms with Gasteiger partial charge in [-0.1, -0.05) is 18.2 Å². The number of thiocarbonyl (C=S) groups is 1. The van der Waals surface area contributed by atoms with Gasteiger partial charge in [0.15, 0.2) is 5.11 Å². The van der Waals surface area contributed by atoms with E-state index in [1.807, 2.05) is 18.2 Å². The van der Waals surface area contributed by atoms with E-state index >= 15 is 0 Å². The maximum atomic E-state index is 10.4. The molecule has 0 aliphatic heterocycles. The number of hydrogen-bond donors (Lipinski definition) is 3. The fourth-order valence-electron chi connectivity index (χ4n) is 1.23. The first-order valence-corrected chi connectivity index (χ1v) is 5.69. The standard InChI is InChI=1S/C13H14N2O2S/c1-2-8-14-13(18)15-11-5-3-4-10(9-11)6-7-12(16)17/h2-7,9H,1,8H2,(H,16,17)(H2,14,15,18). The summed E-state index contributed by atoms with van der Waals surface area (Å²) >= 11 is 5.07. The number of anilines is 1. The molecule has 0 bridgehead atoms. The van der Waals surface area contributed by atoms with Gasteiger partial charge >= 0.3 is 5.97 Å². The van der Waals surface area contributed by atoms with E-state index in [9.17, 15) is 4.79 Å². The summed E-state index contributed by atoms with van der Waals surface area (Å²) in [4.78, 5) is 10.4. The zero-order chi connectivity index (χ0) is 13.4. The Hall–Kier alpha value is -2.14. The van der Waals surface area contributed by atoms with Crippen LogP contribution in [0.25, 0.3) is 6.08 Å². The predicted molar refractivity (Wildman–Crippen MR) is 77.5 cm³/mol. The van der Waals surface area contributed by atoms with Crippen LogP contribution in [0.1, 0.15) is 5.56 Å². The highest BCUT2D eigenvalue weighted by Crippen LogP contribution is 2.11. The van der Waals surface area contributed by atoms with Gasteiger partial charge in [0.05, 0.1) is 0 Å². The van der Waals surface area contributed by atoms with E-state index in [1.165, 1.54) is 6.08 Å². The zero-order valence-corrected chi connectivity index (χ0v) is 10.5. The van der Waals surface area contributed by atoms with Gasteiger partial charge < -0.3 is 15.7 Å². The monoisotopic (exact) mass is 262 g/mol. The summed E-state index contributed by atoms with van der Waals surface area (Å²) in [6.07, 6.45) is 4.32. The average molecular weight is 262 g/mol. The van der Waals surface area contributed by atoms with E-state index in [0.29, 0.717) is 11.7 Å². The Bertz CT molecular complexity index is 484. The number of aliphatic carboxylic acids is 1. The van der Waals surface area contributed by atoms with Crippen molar-refractivity contribution in [2.24, 2.45) is 0 Å². The molecule has 18 heavy (non-hydrogen) atoms. The molecule has 0 aliphatic carbocycles. The SMILES string of the molecule is C=CCNC(=S)Nc1cccc(C=CC(=O)O)c1. The third-order valence-electron chi connectivity index (χ3n) is 1.97. The van der Waals surface area contributed by atoms with Crippen LogP contribution in [0.15, 0.2) is 43.0 Å². The lowest BCUT2D eigenvalue weighted by Gasteiger charge is -2.09. The molecule has 0 saturated carbocycles. The molecule has 0 saturated heterocycles. The van der Waals surface area contributed by atoms with E-state index in [2.05, 4.69) is 17.2 Å². The van der Waals surface area contributed by atoms with Crippen LogP contribution in [0, 0.1) is 0 Å². The van der Waals surface area contributed by atoms with Crippen molar-refractivity contribution in [2.45, 2.75) is 0 Å². The van der Waals surface area contributed by atoms with E-state index in [0.717, 1.165) is 17.3 Å². The Morgan fingerprint density at radius 3 is 2.94 bits per heavy atom.